The van der Waals surface area contributed by atoms with Crippen LogP contribution < -0.4 is 5.32 Å². The van der Waals surface area contributed by atoms with Crippen LogP contribution in [0.4, 0.5) is 5.82 Å². The number of carbonyl (C=O) groups is 1. The van der Waals surface area contributed by atoms with Crippen LogP contribution in [0.2, 0.25) is 0 Å². The lowest BCUT2D eigenvalue weighted by Gasteiger charge is -2.24. The summed E-state index contributed by atoms with van der Waals surface area (Å²) in [5.41, 5.74) is -0.813. The van der Waals surface area contributed by atoms with Gasteiger partial charge in [0.2, 0.25) is 0 Å². The van der Waals surface area contributed by atoms with E-state index in [9.17, 15) is 18.3 Å². The number of nitrogens with zero attached hydrogens (tertiary/aromatic N) is 1. The van der Waals surface area contributed by atoms with Gasteiger partial charge >= 0.3 is 5.97 Å². The predicted molar refractivity (Wildman–Crippen MR) is 74.4 cm³/mol. The molecule has 1 heterocycles. The molecule has 0 atom stereocenters. The van der Waals surface area contributed by atoms with Crippen LogP contribution in [0.15, 0.2) is 23.2 Å². The first-order valence-corrected chi connectivity index (χ1v) is 8.37. The zero-order valence-electron chi connectivity index (χ0n) is 11.3. The van der Waals surface area contributed by atoms with Crippen molar-refractivity contribution in [2.45, 2.75) is 30.6 Å². The van der Waals surface area contributed by atoms with Gasteiger partial charge in [0.25, 0.3) is 0 Å². The summed E-state index contributed by atoms with van der Waals surface area (Å²) in [4.78, 5) is 15.6. The minimum absolute atomic E-state index is 0.0959. The quantitative estimate of drug-likeness (QED) is 0.856. The molecule has 1 aliphatic carbocycles. The highest BCUT2D eigenvalue weighted by Crippen LogP contribution is 2.38. The van der Waals surface area contributed by atoms with E-state index >= 15 is 0 Å². The molecule has 0 saturated heterocycles. The average Bonchev–Trinajstić information content (AvgIpc) is 2.86. The molecule has 1 aromatic heterocycles. The Balaban J connectivity index is 2.21. The van der Waals surface area contributed by atoms with Gasteiger partial charge in [0.15, 0.2) is 9.84 Å². The van der Waals surface area contributed by atoms with Gasteiger partial charge in [-0.3, -0.25) is 4.79 Å². The van der Waals surface area contributed by atoms with Crippen molar-refractivity contribution in [3.05, 3.63) is 18.3 Å². The fourth-order valence-corrected chi connectivity index (χ4v) is 3.40. The van der Waals surface area contributed by atoms with Crippen molar-refractivity contribution < 1.29 is 18.3 Å². The molecule has 7 heteroatoms. The summed E-state index contributed by atoms with van der Waals surface area (Å²) in [7, 11) is -3.39. The maximum absolute atomic E-state index is 11.7. The number of sulfone groups is 1. The number of anilines is 1. The Morgan fingerprint density at radius 3 is 2.65 bits per heavy atom. The molecule has 0 spiro atoms. The molecule has 1 aliphatic rings. The second-order valence-electron chi connectivity index (χ2n) is 5.27. The normalized spacial score (nSPS) is 17.9. The number of nitrogens with one attached hydrogen (secondary N) is 1. The van der Waals surface area contributed by atoms with E-state index in [-0.39, 0.29) is 17.3 Å². The summed E-state index contributed by atoms with van der Waals surface area (Å²) >= 11 is 0. The van der Waals surface area contributed by atoms with Gasteiger partial charge < -0.3 is 10.4 Å². The first kappa shape index (κ1) is 14.8. The van der Waals surface area contributed by atoms with Gasteiger partial charge in [0, 0.05) is 19.0 Å². The zero-order chi connectivity index (χ0) is 14.8. The Morgan fingerprint density at radius 1 is 1.45 bits per heavy atom. The minimum atomic E-state index is -3.39. The molecule has 2 N–H and O–H groups in total. The van der Waals surface area contributed by atoms with E-state index < -0.39 is 21.2 Å². The number of aliphatic carboxylic acids is 1. The highest BCUT2D eigenvalue weighted by atomic mass is 32.2. The lowest BCUT2D eigenvalue weighted by Crippen LogP contribution is -2.35. The van der Waals surface area contributed by atoms with Crippen molar-refractivity contribution in [2.24, 2.45) is 5.41 Å². The van der Waals surface area contributed by atoms with Crippen LogP contribution in [0.5, 0.6) is 0 Å². The molecule has 0 aliphatic heterocycles. The molecule has 110 valence electrons. The molecule has 0 aromatic carbocycles. The third kappa shape index (κ3) is 2.92. The third-order valence-corrected chi connectivity index (χ3v) is 4.91. The Morgan fingerprint density at radius 2 is 2.10 bits per heavy atom. The predicted octanol–water partition coefficient (Wildman–Crippen LogP) is 1.54. The summed E-state index contributed by atoms with van der Waals surface area (Å²) in [6.45, 7) is 0.196. The Bertz CT molecular complexity index is 607. The van der Waals surface area contributed by atoms with Gasteiger partial charge in [0.1, 0.15) is 10.7 Å². The highest BCUT2D eigenvalue weighted by Gasteiger charge is 2.41. The van der Waals surface area contributed by atoms with Crippen molar-refractivity contribution in [2.75, 3.05) is 18.1 Å². The topological polar surface area (TPSA) is 96.4 Å². The minimum Gasteiger partial charge on any atom is -0.481 e. The number of carboxylic acids is 1. The van der Waals surface area contributed by atoms with Crippen LogP contribution in [0.3, 0.4) is 0 Å². The van der Waals surface area contributed by atoms with Crippen molar-refractivity contribution in [3.8, 4) is 0 Å². The second kappa shape index (κ2) is 5.40. The Labute approximate surface area is 118 Å². The van der Waals surface area contributed by atoms with Crippen LogP contribution in [0.25, 0.3) is 0 Å². The van der Waals surface area contributed by atoms with E-state index in [2.05, 4.69) is 10.3 Å². The fraction of sp³-hybridized carbons (Fsp3) is 0.538. The molecule has 20 heavy (non-hydrogen) atoms. The van der Waals surface area contributed by atoms with Gasteiger partial charge in [-0.25, -0.2) is 13.4 Å². The van der Waals surface area contributed by atoms with E-state index in [1.165, 1.54) is 12.3 Å². The van der Waals surface area contributed by atoms with Crippen LogP contribution in [-0.4, -0.2) is 37.3 Å². The molecule has 2 rings (SSSR count). The van der Waals surface area contributed by atoms with Crippen molar-refractivity contribution in [1.82, 2.24) is 4.98 Å². The number of carboxylic acid groups (broad SMARTS) is 1. The van der Waals surface area contributed by atoms with Crippen LogP contribution >= 0.6 is 0 Å². The number of aromatic nitrogens is 1. The number of hydrogen-bond acceptors (Lipinski definition) is 5. The summed E-state index contributed by atoms with van der Waals surface area (Å²) in [5.74, 6) is -0.609. The molecule has 0 unspecified atom stereocenters. The summed E-state index contributed by atoms with van der Waals surface area (Å²) in [6, 6.07) is 3.01. The lowest BCUT2D eigenvalue weighted by molar-refractivity contribution is -0.147. The smallest absolute Gasteiger partial charge is 0.311 e. The molecule has 1 aromatic rings. The zero-order valence-corrected chi connectivity index (χ0v) is 12.1. The van der Waals surface area contributed by atoms with E-state index in [1.54, 1.807) is 6.07 Å². The van der Waals surface area contributed by atoms with E-state index in [1.807, 2.05) is 0 Å². The van der Waals surface area contributed by atoms with Crippen molar-refractivity contribution in [1.29, 1.82) is 0 Å². The Kier molecular flexibility index (Phi) is 3.99. The van der Waals surface area contributed by atoms with E-state index in [0.717, 1.165) is 19.1 Å². The van der Waals surface area contributed by atoms with Gasteiger partial charge in [-0.15, -0.1) is 0 Å². The van der Waals surface area contributed by atoms with Crippen molar-refractivity contribution in [3.63, 3.8) is 0 Å². The van der Waals surface area contributed by atoms with Crippen molar-refractivity contribution >= 4 is 21.6 Å². The number of pyridine rings is 1. The molecule has 0 radical (unpaired) electrons. The van der Waals surface area contributed by atoms with E-state index in [0.29, 0.717) is 12.8 Å². The average molecular weight is 298 g/mol. The fourth-order valence-electron chi connectivity index (χ4n) is 2.59. The van der Waals surface area contributed by atoms with Crippen LogP contribution in [-0.2, 0) is 14.6 Å². The second-order valence-corrected chi connectivity index (χ2v) is 7.25. The molecule has 6 nitrogen and oxygen atoms in total. The first-order valence-electron chi connectivity index (χ1n) is 6.47. The summed E-state index contributed by atoms with van der Waals surface area (Å²) in [5, 5.41) is 12.3. The van der Waals surface area contributed by atoms with Gasteiger partial charge in [-0.2, -0.15) is 0 Å². The highest BCUT2D eigenvalue weighted by molar-refractivity contribution is 7.90. The molecular weight excluding hydrogens is 280 g/mol. The first-order chi connectivity index (χ1) is 9.35. The maximum Gasteiger partial charge on any atom is 0.311 e. The molecule has 0 amide bonds. The largest absolute Gasteiger partial charge is 0.481 e. The summed E-state index contributed by atoms with van der Waals surface area (Å²) in [6.07, 6.45) is 5.58. The van der Waals surface area contributed by atoms with Crippen LogP contribution in [0, 0.1) is 5.41 Å². The number of hydrogen-bond donors (Lipinski definition) is 2. The van der Waals surface area contributed by atoms with E-state index in [4.69, 9.17) is 0 Å². The Hall–Kier alpha value is -1.63. The number of rotatable bonds is 5. The van der Waals surface area contributed by atoms with Crippen LogP contribution in [0.1, 0.15) is 25.7 Å². The standard InChI is InChI=1S/C13H18N2O4S/c1-20(18,19)10-5-4-8-14-11(10)15-9-13(12(16)17)6-2-3-7-13/h4-5,8H,2-3,6-7,9H2,1H3,(H,14,15)(H,16,17). The van der Waals surface area contributed by atoms with Gasteiger partial charge in [-0.05, 0) is 25.0 Å². The lowest BCUT2D eigenvalue weighted by atomic mass is 9.86. The SMILES string of the molecule is CS(=O)(=O)c1cccnc1NCC1(C(=O)O)CCCC1. The molecule has 1 saturated carbocycles. The maximum atomic E-state index is 11.7. The monoisotopic (exact) mass is 298 g/mol. The molecule has 0 bridgehead atoms. The molecular formula is C13H18N2O4S. The summed E-state index contributed by atoms with van der Waals surface area (Å²) < 4.78 is 23.3. The molecule has 1 fully saturated rings. The van der Waals surface area contributed by atoms with Gasteiger partial charge in [0.05, 0.1) is 5.41 Å². The third-order valence-electron chi connectivity index (χ3n) is 3.78. The van der Waals surface area contributed by atoms with Gasteiger partial charge in [-0.1, -0.05) is 12.8 Å².